The summed E-state index contributed by atoms with van der Waals surface area (Å²) in [6.45, 7) is 0. The predicted molar refractivity (Wildman–Crippen MR) is 74.2 cm³/mol. The smallest absolute Gasteiger partial charge is 0.326 e. The predicted octanol–water partition coefficient (Wildman–Crippen LogP) is 4.89. The number of halogens is 6. The van der Waals surface area contributed by atoms with E-state index < -0.39 is 23.5 Å². The fourth-order valence-corrected chi connectivity index (χ4v) is 2.60. The van der Waals surface area contributed by atoms with Crippen molar-refractivity contribution in [2.45, 2.75) is 18.8 Å². The van der Waals surface area contributed by atoms with Crippen molar-refractivity contribution in [3.8, 4) is 11.1 Å². The molecule has 126 valence electrons. The molecule has 0 spiro atoms. The first-order chi connectivity index (χ1) is 11.1. The second-order valence-corrected chi connectivity index (χ2v) is 5.35. The first-order valence-electron chi connectivity index (χ1n) is 6.77. The highest BCUT2D eigenvalue weighted by atomic mass is 19.4. The van der Waals surface area contributed by atoms with Gasteiger partial charge in [-0.3, -0.25) is 4.79 Å². The first-order valence-corrected chi connectivity index (χ1v) is 6.77. The third-order valence-corrected chi connectivity index (χ3v) is 3.69. The SMILES string of the molecule is O=C1Cc2cc(-c3ccc(C(F)(F)F)cc3C(F)(F)F)ccc2N1. The van der Waals surface area contributed by atoms with Crippen LogP contribution in [0.25, 0.3) is 11.1 Å². The van der Waals surface area contributed by atoms with Gasteiger partial charge in [-0.2, -0.15) is 26.3 Å². The number of benzene rings is 2. The normalized spacial score (nSPS) is 14.5. The highest BCUT2D eigenvalue weighted by Gasteiger charge is 2.38. The zero-order valence-electron chi connectivity index (χ0n) is 11.8. The van der Waals surface area contributed by atoms with Gasteiger partial charge in [0.05, 0.1) is 17.5 Å². The van der Waals surface area contributed by atoms with Gasteiger partial charge in [-0.15, -0.1) is 0 Å². The summed E-state index contributed by atoms with van der Waals surface area (Å²) < 4.78 is 77.7. The second-order valence-electron chi connectivity index (χ2n) is 5.35. The molecule has 1 aliphatic rings. The van der Waals surface area contributed by atoms with E-state index in [4.69, 9.17) is 0 Å². The molecule has 0 atom stereocenters. The molecule has 2 nitrogen and oxygen atoms in total. The van der Waals surface area contributed by atoms with Crippen LogP contribution in [-0.4, -0.2) is 5.91 Å². The first kappa shape index (κ1) is 16.4. The van der Waals surface area contributed by atoms with Crippen molar-refractivity contribution in [3.05, 3.63) is 53.1 Å². The summed E-state index contributed by atoms with van der Waals surface area (Å²) in [7, 11) is 0. The molecule has 8 heteroatoms. The van der Waals surface area contributed by atoms with Gasteiger partial charge in [-0.05, 0) is 41.0 Å². The largest absolute Gasteiger partial charge is 0.417 e. The Bertz CT molecular complexity index is 822. The molecule has 0 radical (unpaired) electrons. The van der Waals surface area contributed by atoms with Crippen molar-refractivity contribution in [1.29, 1.82) is 0 Å². The lowest BCUT2D eigenvalue weighted by Crippen LogP contribution is -2.12. The maximum absolute atomic E-state index is 13.2. The zero-order chi connectivity index (χ0) is 17.7. The minimum atomic E-state index is -4.94. The fraction of sp³-hybridized carbons (Fsp3) is 0.188. The number of hydrogen-bond acceptors (Lipinski definition) is 1. The summed E-state index contributed by atoms with van der Waals surface area (Å²) >= 11 is 0. The van der Waals surface area contributed by atoms with Crippen molar-refractivity contribution < 1.29 is 31.1 Å². The van der Waals surface area contributed by atoms with E-state index >= 15 is 0 Å². The van der Waals surface area contributed by atoms with Crippen LogP contribution in [0.4, 0.5) is 32.0 Å². The van der Waals surface area contributed by atoms with Crippen LogP contribution >= 0.6 is 0 Å². The Labute approximate surface area is 132 Å². The average molecular weight is 345 g/mol. The highest BCUT2D eigenvalue weighted by Crippen LogP contribution is 2.41. The van der Waals surface area contributed by atoms with Gasteiger partial charge in [0.15, 0.2) is 0 Å². The molecule has 0 aromatic heterocycles. The van der Waals surface area contributed by atoms with Crippen LogP contribution in [0.1, 0.15) is 16.7 Å². The molecule has 1 N–H and O–H groups in total. The van der Waals surface area contributed by atoms with E-state index in [0.717, 1.165) is 6.07 Å². The molecule has 3 rings (SSSR count). The maximum atomic E-state index is 13.2. The summed E-state index contributed by atoms with van der Waals surface area (Å²) in [6, 6.07) is 5.67. The molecule has 0 saturated heterocycles. The van der Waals surface area contributed by atoms with E-state index in [1.165, 1.54) is 18.2 Å². The van der Waals surface area contributed by atoms with E-state index in [0.29, 0.717) is 17.3 Å². The van der Waals surface area contributed by atoms with Crippen LogP contribution in [0.3, 0.4) is 0 Å². The monoisotopic (exact) mass is 345 g/mol. The van der Waals surface area contributed by atoms with Gasteiger partial charge in [0, 0.05) is 5.69 Å². The van der Waals surface area contributed by atoms with Crippen LogP contribution in [0.5, 0.6) is 0 Å². The molecule has 0 aliphatic carbocycles. The van der Waals surface area contributed by atoms with Gasteiger partial charge in [-0.25, -0.2) is 0 Å². The molecule has 2 aromatic carbocycles. The standard InChI is InChI=1S/C16H9F6NO/c17-15(18,19)10-2-3-11(12(7-10)16(20,21)22)8-1-4-13-9(5-8)6-14(24)23-13/h1-5,7H,6H2,(H,23,24). The number of anilines is 1. The quantitative estimate of drug-likeness (QED) is 0.733. The van der Waals surface area contributed by atoms with Crippen LogP contribution < -0.4 is 5.32 Å². The van der Waals surface area contributed by atoms with Gasteiger partial charge < -0.3 is 5.32 Å². The lowest BCUT2D eigenvalue weighted by Gasteiger charge is -2.16. The lowest BCUT2D eigenvalue weighted by molar-refractivity contribution is -0.142. The summed E-state index contributed by atoms with van der Waals surface area (Å²) in [5.74, 6) is -0.286. The third kappa shape index (κ3) is 2.95. The summed E-state index contributed by atoms with van der Waals surface area (Å²) in [5.41, 5.74) is -2.00. The number of carbonyl (C=O) groups excluding carboxylic acids is 1. The summed E-state index contributed by atoms with van der Waals surface area (Å²) in [5, 5.41) is 2.54. The second kappa shape index (κ2) is 5.25. The minimum Gasteiger partial charge on any atom is -0.326 e. The van der Waals surface area contributed by atoms with Gasteiger partial charge in [-0.1, -0.05) is 12.1 Å². The van der Waals surface area contributed by atoms with Gasteiger partial charge in [0.25, 0.3) is 0 Å². The Hall–Kier alpha value is -2.51. The summed E-state index contributed by atoms with van der Waals surface area (Å²) in [4.78, 5) is 11.3. The Kier molecular flexibility index (Phi) is 3.58. The molecule has 24 heavy (non-hydrogen) atoms. The van der Waals surface area contributed by atoms with Gasteiger partial charge in [0.1, 0.15) is 0 Å². The number of amides is 1. The maximum Gasteiger partial charge on any atom is 0.417 e. The highest BCUT2D eigenvalue weighted by molar-refractivity contribution is 5.99. The Morgan fingerprint density at radius 1 is 0.875 bits per heavy atom. The number of carbonyl (C=O) groups is 1. The molecule has 0 unspecified atom stereocenters. The van der Waals surface area contributed by atoms with E-state index in [1.54, 1.807) is 0 Å². The van der Waals surface area contributed by atoms with Crippen molar-refractivity contribution in [2.75, 3.05) is 5.32 Å². The Morgan fingerprint density at radius 3 is 2.21 bits per heavy atom. The molecular weight excluding hydrogens is 336 g/mol. The van der Waals surface area contributed by atoms with E-state index in [-0.39, 0.29) is 29.5 Å². The molecule has 1 aliphatic heterocycles. The van der Waals surface area contributed by atoms with Crippen molar-refractivity contribution >= 4 is 11.6 Å². The molecule has 2 aromatic rings. The zero-order valence-corrected chi connectivity index (χ0v) is 11.8. The van der Waals surface area contributed by atoms with Crippen LogP contribution in [0.15, 0.2) is 36.4 Å². The van der Waals surface area contributed by atoms with Crippen LogP contribution in [-0.2, 0) is 23.6 Å². The molecule has 0 saturated carbocycles. The van der Waals surface area contributed by atoms with Crippen molar-refractivity contribution in [3.63, 3.8) is 0 Å². The summed E-state index contributed by atoms with van der Waals surface area (Å²) in [6.07, 6.45) is -9.79. The van der Waals surface area contributed by atoms with Crippen molar-refractivity contribution in [2.24, 2.45) is 0 Å². The number of rotatable bonds is 1. The van der Waals surface area contributed by atoms with E-state index in [1.807, 2.05) is 0 Å². The molecule has 0 bridgehead atoms. The molecule has 0 fully saturated rings. The topological polar surface area (TPSA) is 29.1 Å². The van der Waals surface area contributed by atoms with Gasteiger partial charge >= 0.3 is 12.4 Å². The molecule has 1 heterocycles. The average Bonchev–Trinajstić information content (AvgIpc) is 2.83. The van der Waals surface area contributed by atoms with Crippen LogP contribution in [0.2, 0.25) is 0 Å². The third-order valence-electron chi connectivity index (χ3n) is 3.69. The number of nitrogens with one attached hydrogen (secondary N) is 1. The Balaban J connectivity index is 2.15. The minimum absolute atomic E-state index is 0.0190. The molecule has 1 amide bonds. The number of hydrogen-bond donors (Lipinski definition) is 1. The fourth-order valence-electron chi connectivity index (χ4n) is 2.60. The van der Waals surface area contributed by atoms with Crippen LogP contribution in [0, 0.1) is 0 Å². The number of fused-ring (bicyclic) bond motifs is 1. The van der Waals surface area contributed by atoms with E-state index in [9.17, 15) is 31.1 Å². The van der Waals surface area contributed by atoms with E-state index in [2.05, 4.69) is 5.32 Å². The lowest BCUT2D eigenvalue weighted by atomic mass is 9.95. The van der Waals surface area contributed by atoms with Crippen molar-refractivity contribution in [1.82, 2.24) is 0 Å². The number of alkyl halides is 6. The van der Waals surface area contributed by atoms with Gasteiger partial charge in [0.2, 0.25) is 5.91 Å². The molecular formula is C16H9F6NO. The Morgan fingerprint density at radius 2 is 1.58 bits per heavy atom.